The zero-order valence-corrected chi connectivity index (χ0v) is 16.8. The minimum atomic E-state index is -0.509. The molecule has 0 aliphatic carbocycles. The molecule has 1 heterocycles. The Morgan fingerprint density at radius 2 is 2.00 bits per heavy atom. The number of nitrogens with one attached hydrogen (secondary N) is 2. The molecule has 0 spiro atoms. The average Bonchev–Trinajstić information content (AvgIpc) is 3.03. The van der Waals surface area contributed by atoms with Gasteiger partial charge < -0.3 is 5.32 Å². The fraction of sp³-hybridized carbons (Fsp3) is 0.368. The van der Waals surface area contributed by atoms with Crippen LogP contribution in [0, 0.1) is 11.7 Å². The number of carbonyl (C=O) groups excluding carboxylic acids is 2. The van der Waals surface area contributed by atoms with Crippen molar-refractivity contribution in [2.75, 3.05) is 12.3 Å². The van der Waals surface area contributed by atoms with Gasteiger partial charge in [-0.1, -0.05) is 31.7 Å². The van der Waals surface area contributed by atoms with Crippen molar-refractivity contribution < 1.29 is 14.0 Å². The monoisotopic (exact) mass is 405 g/mol. The molecule has 0 unspecified atom stereocenters. The first-order chi connectivity index (χ1) is 13.4. The van der Waals surface area contributed by atoms with E-state index in [2.05, 4.69) is 41.3 Å². The number of benzene rings is 1. The van der Waals surface area contributed by atoms with Gasteiger partial charge in [0.2, 0.25) is 5.91 Å². The topological polar surface area (TPSA) is 88.9 Å². The SMILES string of the molecule is C=CCn1c(SCC(=O)NC(=O)NCCC(C)C)nnc1-c1ccc(F)cc1. The summed E-state index contributed by atoms with van der Waals surface area (Å²) in [7, 11) is 0. The molecule has 3 amide bonds. The molecule has 7 nitrogen and oxygen atoms in total. The summed E-state index contributed by atoms with van der Waals surface area (Å²) in [5.74, 6) is 0.267. The molecule has 0 radical (unpaired) electrons. The Bertz CT molecular complexity index is 820. The number of amides is 3. The van der Waals surface area contributed by atoms with E-state index in [4.69, 9.17) is 0 Å². The van der Waals surface area contributed by atoms with E-state index in [0.717, 1.165) is 18.2 Å². The van der Waals surface area contributed by atoms with Crippen LogP contribution in [-0.4, -0.2) is 39.0 Å². The largest absolute Gasteiger partial charge is 0.338 e. The van der Waals surface area contributed by atoms with Crippen LogP contribution in [0.1, 0.15) is 20.3 Å². The van der Waals surface area contributed by atoms with Gasteiger partial charge in [-0.2, -0.15) is 0 Å². The summed E-state index contributed by atoms with van der Waals surface area (Å²) < 4.78 is 14.9. The molecule has 0 aliphatic heterocycles. The van der Waals surface area contributed by atoms with Crippen LogP contribution in [0.4, 0.5) is 9.18 Å². The zero-order chi connectivity index (χ0) is 20.5. The second-order valence-corrected chi connectivity index (χ2v) is 7.43. The van der Waals surface area contributed by atoms with E-state index in [9.17, 15) is 14.0 Å². The first-order valence-corrected chi connectivity index (χ1v) is 9.89. The Balaban J connectivity index is 1.96. The smallest absolute Gasteiger partial charge is 0.321 e. The van der Waals surface area contributed by atoms with Gasteiger partial charge >= 0.3 is 6.03 Å². The highest BCUT2D eigenvalue weighted by Crippen LogP contribution is 2.24. The van der Waals surface area contributed by atoms with Gasteiger partial charge in [-0.3, -0.25) is 14.7 Å². The third kappa shape index (κ3) is 6.49. The van der Waals surface area contributed by atoms with Crippen molar-refractivity contribution in [2.24, 2.45) is 5.92 Å². The Hall–Kier alpha value is -2.68. The lowest BCUT2D eigenvalue weighted by Crippen LogP contribution is -2.40. The number of urea groups is 1. The Morgan fingerprint density at radius 3 is 2.64 bits per heavy atom. The molecule has 2 rings (SSSR count). The van der Waals surface area contributed by atoms with E-state index < -0.39 is 11.9 Å². The second kappa shape index (κ2) is 10.6. The van der Waals surface area contributed by atoms with Crippen molar-refractivity contribution in [1.29, 1.82) is 0 Å². The van der Waals surface area contributed by atoms with Crippen LogP contribution in [0.3, 0.4) is 0 Å². The molecule has 28 heavy (non-hydrogen) atoms. The Kier molecular flexibility index (Phi) is 8.19. The van der Waals surface area contributed by atoms with Crippen molar-refractivity contribution in [3.63, 3.8) is 0 Å². The molecule has 0 fully saturated rings. The number of hydrogen-bond acceptors (Lipinski definition) is 5. The molecule has 2 aromatic rings. The van der Waals surface area contributed by atoms with E-state index in [1.54, 1.807) is 22.8 Å². The third-order valence-electron chi connectivity index (χ3n) is 3.72. The fourth-order valence-corrected chi connectivity index (χ4v) is 3.06. The minimum Gasteiger partial charge on any atom is -0.338 e. The lowest BCUT2D eigenvalue weighted by Gasteiger charge is -2.09. The van der Waals surface area contributed by atoms with Crippen LogP contribution in [-0.2, 0) is 11.3 Å². The maximum Gasteiger partial charge on any atom is 0.321 e. The number of hydrogen-bond donors (Lipinski definition) is 2. The summed E-state index contributed by atoms with van der Waals surface area (Å²) in [4.78, 5) is 23.7. The molecule has 1 aromatic heterocycles. The summed E-state index contributed by atoms with van der Waals surface area (Å²) in [6.45, 7) is 8.78. The molecule has 150 valence electrons. The lowest BCUT2D eigenvalue weighted by molar-refractivity contribution is -0.117. The van der Waals surface area contributed by atoms with Crippen LogP contribution >= 0.6 is 11.8 Å². The van der Waals surface area contributed by atoms with Crippen LogP contribution in [0.15, 0.2) is 42.1 Å². The van der Waals surface area contributed by atoms with E-state index >= 15 is 0 Å². The molecule has 0 saturated carbocycles. The van der Waals surface area contributed by atoms with Crippen molar-refractivity contribution in [1.82, 2.24) is 25.4 Å². The molecule has 0 saturated heterocycles. The highest BCUT2D eigenvalue weighted by molar-refractivity contribution is 7.99. The first-order valence-electron chi connectivity index (χ1n) is 8.91. The summed E-state index contributed by atoms with van der Waals surface area (Å²) in [5.41, 5.74) is 0.705. The van der Waals surface area contributed by atoms with Gasteiger partial charge in [0.05, 0.1) is 5.75 Å². The molecule has 0 aliphatic rings. The molecular weight excluding hydrogens is 381 g/mol. The zero-order valence-electron chi connectivity index (χ0n) is 15.9. The maximum atomic E-state index is 13.1. The average molecular weight is 405 g/mol. The molecule has 2 N–H and O–H groups in total. The van der Waals surface area contributed by atoms with E-state index in [-0.39, 0.29) is 11.6 Å². The molecule has 9 heteroatoms. The molecule has 0 bridgehead atoms. The highest BCUT2D eigenvalue weighted by atomic mass is 32.2. The fourth-order valence-electron chi connectivity index (χ4n) is 2.31. The highest BCUT2D eigenvalue weighted by Gasteiger charge is 2.16. The normalized spacial score (nSPS) is 10.7. The molecule has 1 aromatic carbocycles. The predicted octanol–water partition coefficient (Wildman–Crippen LogP) is 3.23. The van der Waals surface area contributed by atoms with Gasteiger partial charge in [-0.25, -0.2) is 9.18 Å². The summed E-state index contributed by atoms with van der Waals surface area (Å²) in [6.07, 6.45) is 2.52. The third-order valence-corrected chi connectivity index (χ3v) is 4.69. The lowest BCUT2D eigenvalue weighted by atomic mass is 10.1. The standard InChI is InChI=1S/C19H24FN5O2S/c1-4-11-25-17(14-5-7-15(20)8-6-14)23-24-19(25)28-12-16(26)22-18(27)21-10-9-13(2)3/h4-8,13H,1,9-12H2,2-3H3,(H2,21,22,26,27). The molecular formula is C19H24FN5O2S. The Morgan fingerprint density at radius 1 is 1.29 bits per heavy atom. The van der Waals surface area contributed by atoms with Crippen molar-refractivity contribution in [2.45, 2.75) is 32.0 Å². The van der Waals surface area contributed by atoms with Crippen LogP contribution in [0.2, 0.25) is 0 Å². The Labute approximate surface area is 167 Å². The number of nitrogens with zero attached hydrogens (tertiary/aromatic N) is 3. The number of aromatic nitrogens is 3. The van der Waals surface area contributed by atoms with Crippen LogP contribution < -0.4 is 10.6 Å². The van der Waals surface area contributed by atoms with Gasteiger partial charge in [-0.15, -0.1) is 16.8 Å². The van der Waals surface area contributed by atoms with Gasteiger partial charge in [0, 0.05) is 18.7 Å². The van der Waals surface area contributed by atoms with Crippen molar-refractivity contribution in [3.8, 4) is 11.4 Å². The number of carbonyl (C=O) groups is 2. The predicted molar refractivity (Wildman–Crippen MR) is 107 cm³/mol. The summed E-state index contributed by atoms with van der Waals surface area (Å²) in [6, 6.07) is 5.41. The maximum absolute atomic E-state index is 13.1. The number of thioether (sulfide) groups is 1. The molecule has 0 atom stereocenters. The quantitative estimate of drug-likeness (QED) is 0.494. The first kappa shape index (κ1) is 21.6. The number of imide groups is 1. The summed E-state index contributed by atoms with van der Waals surface area (Å²) in [5, 5.41) is 13.7. The van der Waals surface area contributed by atoms with Crippen molar-refractivity contribution in [3.05, 3.63) is 42.7 Å². The van der Waals surface area contributed by atoms with E-state index in [0.29, 0.717) is 35.6 Å². The van der Waals surface area contributed by atoms with Crippen LogP contribution in [0.25, 0.3) is 11.4 Å². The van der Waals surface area contributed by atoms with E-state index in [1.165, 1.54) is 12.1 Å². The number of halogens is 1. The van der Waals surface area contributed by atoms with Gasteiger partial charge in [0.15, 0.2) is 11.0 Å². The summed E-state index contributed by atoms with van der Waals surface area (Å²) >= 11 is 1.16. The minimum absolute atomic E-state index is 0.0102. The van der Waals surface area contributed by atoms with E-state index in [1.807, 2.05) is 0 Å². The van der Waals surface area contributed by atoms with Gasteiger partial charge in [0.25, 0.3) is 0 Å². The second-order valence-electron chi connectivity index (χ2n) is 6.49. The van der Waals surface area contributed by atoms with Gasteiger partial charge in [0.1, 0.15) is 5.82 Å². The van der Waals surface area contributed by atoms with Crippen molar-refractivity contribution >= 4 is 23.7 Å². The van der Waals surface area contributed by atoms with Crippen LogP contribution in [0.5, 0.6) is 0 Å². The van der Waals surface area contributed by atoms with Gasteiger partial charge in [-0.05, 0) is 36.6 Å². The number of allylic oxidation sites excluding steroid dienone is 1. The number of rotatable bonds is 9.